The Hall–Kier alpha value is -2.74. The summed E-state index contributed by atoms with van der Waals surface area (Å²) in [7, 11) is 0. The van der Waals surface area contributed by atoms with Gasteiger partial charge in [-0.3, -0.25) is 4.98 Å². The molecule has 0 aliphatic carbocycles. The fourth-order valence-corrected chi connectivity index (χ4v) is 3.45. The molecule has 2 heterocycles. The average Bonchev–Trinajstić information content (AvgIpc) is 2.61. The zero-order chi connectivity index (χ0) is 16.6. The second-order valence-corrected chi connectivity index (χ2v) is 6.92. The van der Waals surface area contributed by atoms with Crippen LogP contribution in [0.3, 0.4) is 0 Å². The summed E-state index contributed by atoms with van der Waals surface area (Å²) in [5.74, 6) is 0. The van der Waals surface area contributed by atoms with Gasteiger partial charge in [-0.05, 0) is 24.1 Å². The van der Waals surface area contributed by atoms with Gasteiger partial charge in [-0.1, -0.05) is 68.4 Å². The topological polar surface area (TPSA) is 25.8 Å². The Morgan fingerprint density at radius 1 is 0.792 bits per heavy atom. The van der Waals surface area contributed by atoms with Crippen LogP contribution in [0.2, 0.25) is 0 Å². The van der Waals surface area contributed by atoms with E-state index >= 15 is 0 Å². The molecule has 0 atom stereocenters. The molecule has 2 heteroatoms. The lowest BCUT2D eigenvalue weighted by Gasteiger charge is -2.26. The normalized spacial score (nSPS) is 11.9. The minimum absolute atomic E-state index is 0.0992. The molecule has 24 heavy (non-hydrogen) atoms. The van der Waals surface area contributed by atoms with Crippen molar-refractivity contribution in [3.8, 4) is 0 Å². The standard InChI is InChI=1S/C22H20N2/c1-22(2,15-16-9-4-3-5-10-16)21-20-18(12-8-14-23-20)17-11-6-7-13-19(17)24-21/h3-14H,15H2,1-2H3. The summed E-state index contributed by atoms with van der Waals surface area (Å²) in [4.78, 5) is 9.69. The van der Waals surface area contributed by atoms with Gasteiger partial charge >= 0.3 is 0 Å². The van der Waals surface area contributed by atoms with E-state index in [0.717, 1.165) is 23.1 Å². The van der Waals surface area contributed by atoms with E-state index < -0.39 is 0 Å². The van der Waals surface area contributed by atoms with E-state index in [1.165, 1.54) is 16.3 Å². The van der Waals surface area contributed by atoms with Crippen molar-refractivity contribution in [1.29, 1.82) is 0 Å². The van der Waals surface area contributed by atoms with Crippen molar-refractivity contribution in [2.75, 3.05) is 0 Å². The van der Waals surface area contributed by atoms with Crippen LogP contribution in [-0.2, 0) is 11.8 Å². The fraction of sp³-hybridized carbons (Fsp3) is 0.182. The van der Waals surface area contributed by atoms with Crippen LogP contribution >= 0.6 is 0 Å². The first-order chi connectivity index (χ1) is 11.6. The second kappa shape index (κ2) is 5.72. The predicted molar refractivity (Wildman–Crippen MR) is 100 cm³/mol. The quantitative estimate of drug-likeness (QED) is 0.479. The maximum absolute atomic E-state index is 5.01. The second-order valence-electron chi connectivity index (χ2n) is 6.92. The smallest absolute Gasteiger partial charge is 0.0929 e. The lowest BCUT2D eigenvalue weighted by molar-refractivity contribution is 0.511. The number of hydrogen-bond donors (Lipinski definition) is 0. The maximum Gasteiger partial charge on any atom is 0.0929 e. The summed E-state index contributed by atoms with van der Waals surface area (Å²) in [5, 5.41) is 2.35. The number of nitrogens with zero attached hydrogens (tertiary/aromatic N) is 2. The zero-order valence-electron chi connectivity index (χ0n) is 14.0. The van der Waals surface area contributed by atoms with E-state index in [4.69, 9.17) is 4.98 Å². The van der Waals surface area contributed by atoms with Crippen molar-refractivity contribution in [3.63, 3.8) is 0 Å². The summed E-state index contributed by atoms with van der Waals surface area (Å²) in [6, 6.07) is 23.1. The molecule has 0 saturated heterocycles. The molecule has 0 fully saturated rings. The van der Waals surface area contributed by atoms with Crippen molar-refractivity contribution < 1.29 is 0 Å². The van der Waals surface area contributed by atoms with Crippen LogP contribution in [0.1, 0.15) is 25.1 Å². The van der Waals surface area contributed by atoms with Crippen molar-refractivity contribution in [2.45, 2.75) is 25.7 Å². The van der Waals surface area contributed by atoms with Crippen molar-refractivity contribution in [1.82, 2.24) is 9.97 Å². The molecule has 0 saturated carbocycles. The Kier molecular flexibility index (Phi) is 3.53. The van der Waals surface area contributed by atoms with Crippen molar-refractivity contribution in [2.24, 2.45) is 0 Å². The molecule has 4 aromatic rings. The maximum atomic E-state index is 5.01. The number of hydrogen-bond acceptors (Lipinski definition) is 2. The predicted octanol–water partition coefficient (Wildman–Crippen LogP) is 5.30. The first-order valence-corrected chi connectivity index (χ1v) is 8.33. The SMILES string of the molecule is CC(C)(Cc1ccccc1)c1nc2ccccc2c2cccnc12. The molecule has 0 aliphatic heterocycles. The van der Waals surface area contributed by atoms with Crippen LogP contribution < -0.4 is 0 Å². The minimum atomic E-state index is -0.0992. The lowest BCUT2D eigenvalue weighted by atomic mass is 9.81. The van der Waals surface area contributed by atoms with Gasteiger partial charge < -0.3 is 0 Å². The number of fused-ring (bicyclic) bond motifs is 3. The third-order valence-electron chi connectivity index (χ3n) is 4.59. The Labute approximate surface area is 142 Å². The molecule has 4 rings (SSSR count). The van der Waals surface area contributed by atoms with Crippen LogP contribution in [0.25, 0.3) is 21.8 Å². The number of para-hydroxylation sites is 1. The molecule has 0 unspecified atom stereocenters. The van der Waals surface area contributed by atoms with Crippen molar-refractivity contribution in [3.05, 3.63) is 84.2 Å². The number of aromatic nitrogens is 2. The first kappa shape index (κ1) is 14.8. The molecular formula is C22H20N2. The van der Waals surface area contributed by atoms with Crippen LogP contribution in [0.15, 0.2) is 72.9 Å². The molecule has 118 valence electrons. The van der Waals surface area contributed by atoms with E-state index in [2.05, 4.69) is 73.4 Å². The largest absolute Gasteiger partial charge is 0.254 e. The molecule has 0 radical (unpaired) electrons. The van der Waals surface area contributed by atoms with E-state index in [0.29, 0.717) is 0 Å². The Bertz CT molecular complexity index is 1000. The number of pyridine rings is 2. The van der Waals surface area contributed by atoms with E-state index in [-0.39, 0.29) is 5.41 Å². The highest BCUT2D eigenvalue weighted by Crippen LogP contribution is 2.34. The Morgan fingerprint density at radius 2 is 1.50 bits per heavy atom. The average molecular weight is 312 g/mol. The van der Waals surface area contributed by atoms with E-state index in [1.807, 2.05) is 18.3 Å². The monoisotopic (exact) mass is 312 g/mol. The molecular weight excluding hydrogens is 292 g/mol. The van der Waals surface area contributed by atoms with Gasteiger partial charge in [0.25, 0.3) is 0 Å². The first-order valence-electron chi connectivity index (χ1n) is 8.33. The summed E-state index contributed by atoms with van der Waals surface area (Å²) in [6.45, 7) is 4.51. The van der Waals surface area contributed by atoms with Crippen molar-refractivity contribution >= 4 is 21.8 Å². The summed E-state index contributed by atoms with van der Waals surface area (Å²) in [6.07, 6.45) is 2.80. The molecule has 0 spiro atoms. The van der Waals surface area contributed by atoms with Gasteiger partial charge in [0.1, 0.15) is 0 Å². The highest BCUT2D eigenvalue weighted by Gasteiger charge is 2.26. The molecule has 2 nitrogen and oxygen atoms in total. The van der Waals surface area contributed by atoms with Gasteiger partial charge in [0.05, 0.1) is 16.7 Å². The lowest BCUT2D eigenvalue weighted by Crippen LogP contribution is -2.23. The van der Waals surface area contributed by atoms with Crippen LogP contribution in [0, 0.1) is 0 Å². The fourth-order valence-electron chi connectivity index (χ4n) is 3.45. The zero-order valence-corrected chi connectivity index (χ0v) is 14.0. The molecule has 2 aromatic heterocycles. The van der Waals surface area contributed by atoms with Gasteiger partial charge in [0, 0.05) is 22.4 Å². The molecule has 0 amide bonds. The summed E-state index contributed by atoms with van der Waals surface area (Å²) >= 11 is 0. The highest BCUT2D eigenvalue weighted by molar-refractivity contribution is 6.05. The molecule has 2 aromatic carbocycles. The van der Waals surface area contributed by atoms with Gasteiger partial charge in [-0.2, -0.15) is 0 Å². The van der Waals surface area contributed by atoms with Gasteiger partial charge in [-0.15, -0.1) is 0 Å². The van der Waals surface area contributed by atoms with E-state index in [1.54, 1.807) is 0 Å². The van der Waals surface area contributed by atoms with Crippen LogP contribution in [0.5, 0.6) is 0 Å². The Balaban J connectivity index is 1.94. The summed E-state index contributed by atoms with van der Waals surface area (Å²) < 4.78 is 0. The summed E-state index contributed by atoms with van der Waals surface area (Å²) in [5.41, 5.74) is 4.34. The van der Waals surface area contributed by atoms with Crippen LogP contribution in [-0.4, -0.2) is 9.97 Å². The van der Waals surface area contributed by atoms with Gasteiger partial charge in [-0.25, -0.2) is 4.98 Å². The van der Waals surface area contributed by atoms with E-state index in [9.17, 15) is 0 Å². The van der Waals surface area contributed by atoms with Crippen LogP contribution in [0.4, 0.5) is 0 Å². The third kappa shape index (κ3) is 2.54. The molecule has 0 N–H and O–H groups in total. The minimum Gasteiger partial charge on any atom is -0.254 e. The number of rotatable bonds is 3. The molecule has 0 bridgehead atoms. The van der Waals surface area contributed by atoms with Gasteiger partial charge in [0.15, 0.2) is 0 Å². The third-order valence-corrected chi connectivity index (χ3v) is 4.59. The highest BCUT2D eigenvalue weighted by atomic mass is 14.8. The number of benzene rings is 2. The van der Waals surface area contributed by atoms with Gasteiger partial charge in [0.2, 0.25) is 0 Å². The Morgan fingerprint density at radius 3 is 2.33 bits per heavy atom. The molecule has 0 aliphatic rings.